The van der Waals surface area contributed by atoms with Gasteiger partial charge in [0.15, 0.2) is 0 Å². The lowest BCUT2D eigenvalue weighted by molar-refractivity contribution is 0.198. The highest BCUT2D eigenvalue weighted by Crippen LogP contribution is 2.36. The van der Waals surface area contributed by atoms with Crippen molar-refractivity contribution in [2.75, 3.05) is 18.8 Å². The summed E-state index contributed by atoms with van der Waals surface area (Å²) >= 11 is 1.96. The number of hydrogen-bond acceptors (Lipinski definition) is 2. The molecule has 0 spiro atoms. The highest BCUT2D eigenvalue weighted by atomic mass is 32.2. The Morgan fingerprint density at radius 3 is 2.13 bits per heavy atom. The molecule has 0 aliphatic carbocycles. The normalized spacial score (nSPS) is 16.9. The van der Waals surface area contributed by atoms with E-state index < -0.39 is 0 Å². The van der Waals surface area contributed by atoms with Crippen molar-refractivity contribution in [3.63, 3.8) is 0 Å². The lowest BCUT2D eigenvalue weighted by Gasteiger charge is -2.26. The van der Waals surface area contributed by atoms with Crippen molar-refractivity contribution >= 4 is 17.8 Å². The van der Waals surface area contributed by atoms with E-state index in [1.165, 1.54) is 11.1 Å². The van der Waals surface area contributed by atoms with Crippen molar-refractivity contribution in [1.29, 1.82) is 0 Å². The van der Waals surface area contributed by atoms with Gasteiger partial charge >= 0.3 is 6.03 Å². The van der Waals surface area contributed by atoms with Crippen LogP contribution in [0, 0.1) is 6.92 Å². The number of hydrogen-bond donors (Lipinski definition) is 1. The quantitative estimate of drug-likeness (QED) is 0.568. The summed E-state index contributed by atoms with van der Waals surface area (Å²) in [5, 5.41) is 3.74. The summed E-state index contributed by atoms with van der Waals surface area (Å²) in [7, 11) is 0. The maximum atomic E-state index is 13.2. The van der Waals surface area contributed by atoms with Crippen LogP contribution in [0.2, 0.25) is 0 Å². The molecular weight excluding hydrogens is 388 g/mol. The van der Waals surface area contributed by atoms with Crippen LogP contribution >= 0.6 is 11.8 Å². The summed E-state index contributed by atoms with van der Waals surface area (Å²) in [6.07, 6.45) is 0.976. The van der Waals surface area contributed by atoms with Crippen molar-refractivity contribution in [2.24, 2.45) is 0 Å². The number of thioether (sulfide) groups is 1. The Balaban J connectivity index is 1.47. The first-order valence-electron chi connectivity index (χ1n) is 10.5. The zero-order chi connectivity index (χ0) is 20.8. The minimum absolute atomic E-state index is 0.0127. The molecule has 1 heterocycles. The number of carbonyl (C=O) groups is 1. The Kier molecular flexibility index (Phi) is 6.75. The van der Waals surface area contributed by atoms with E-state index >= 15 is 0 Å². The fourth-order valence-electron chi connectivity index (χ4n) is 4.03. The summed E-state index contributed by atoms with van der Waals surface area (Å²) in [6.45, 7) is 3.72. The molecule has 1 unspecified atom stereocenters. The first kappa shape index (κ1) is 20.5. The predicted molar refractivity (Wildman–Crippen MR) is 126 cm³/mol. The molecule has 0 saturated carbocycles. The Hall–Kier alpha value is -2.72. The third kappa shape index (κ3) is 4.88. The van der Waals surface area contributed by atoms with E-state index in [0.29, 0.717) is 5.25 Å². The molecule has 1 N–H and O–H groups in total. The van der Waals surface area contributed by atoms with Crippen LogP contribution in [0.15, 0.2) is 84.9 Å². The van der Waals surface area contributed by atoms with Crippen molar-refractivity contribution in [2.45, 2.75) is 24.6 Å². The van der Waals surface area contributed by atoms with Gasteiger partial charge in [-0.15, -0.1) is 0 Å². The molecule has 1 fully saturated rings. The Morgan fingerprint density at radius 1 is 0.900 bits per heavy atom. The lowest BCUT2D eigenvalue weighted by atomic mass is 9.99. The molecule has 3 aromatic carbocycles. The van der Waals surface area contributed by atoms with Gasteiger partial charge in [0.25, 0.3) is 0 Å². The minimum atomic E-state index is -0.150. The first-order valence-corrected chi connectivity index (χ1v) is 11.6. The van der Waals surface area contributed by atoms with E-state index in [4.69, 9.17) is 0 Å². The molecule has 4 heteroatoms. The fraction of sp³-hybridized carbons (Fsp3) is 0.269. The van der Waals surface area contributed by atoms with E-state index in [1.54, 1.807) is 0 Å². The van der Waals surface area contributed by atoms with E-state index in [1.807, 2.05) is 53.1 Å². The van der Waals surface area contributed by atoms with E-state index in [0.717, 1.165) is 36.4 Å². The summed E-state index contributed by atoms with van der Waals surface area (Å²) < 4.78 is 0. The molecule has 4 rings (SSSR count). The van der Waals surface area contributed by atoms with Crippen molar-refractivity contribution in [3.05, 3.63) is 107 Å². The summed E-state index contributed by atoms with van der Waals surface area (Å²) in [4.78, 5) is 15.2. The zero-order valence-corrected chi connectivity index (χ0v) is 18.1. The van der Waals surface area contributed by atoms with E-state index in [2.05, 4.69) is 60.8 Å². The molecule has 1 saturated heterocycles. The SMILES string of the molecule is Cc1ccccc1C1CCN(C(=O)NC(c2ccccc2)c2ccccc2)CCS1. The van der Waals surface area contributed by atoms with Crippen molar-refractivity contribution < 1.29 is 4.79 Å². The van der Waals surface area contributed by atoms with Crippen LogP contribution in [0.1, 0.15) is 40.0 Å². The second-order valence-electron chi connectivity index (χ2n) is 7.70. The number of amides is 2. The van der Waals surface area contributed by atoms with Gasteiger partial charge < -0.3 is 10.2 Å². The van der Waals surface area contributed by atoms with Crippen molar-refractivity contribution in [1.82, 2.24) is 10.2 Å². The molecule has 0 bridgehead atoms. The maximum Gasteiger partial charge on any atom is 0.318 e. The number of rotatable bonds is 4. The van der Waals surface area contributed by atoms with Gasteiger partial charge in [0, 0.05) is 24.1 Å². The summed E-state index contributed by atoms with van der Waals surface area (Å²) in [5.74, 6) is 0.952. The fourth-order valence-corrected chi connectivity index (χ4v) is 5.36. The van der Waals surface area contributed by atoms with Crippen LogP contribution in [-0.4, -0.2) is 29.8 Å². The van der Waals surface area contributed by atoms with Crippen LogP contribution in [0.4, 0.5) is 4.79 Å². The Bertz CT molecular complexity index is 922. The monoisotopic (exact) mass is 416 g/mol. The average molecular weight is 417 g/mol. The molecule has 1 aliphatic rings. The zero-order valence-electron chi connectivity index (χ0n) is 17.3. The molecule has 30 heavy (non-hydrogen) atoms. The molecule has 0 aromatic heterocycles. The molecule has 1 aliphatic heterocycles. The smallest absolute Gasteiger partial charge is 0.318 e. The van der Waals surface area contributed by atoms with Gasteiger partial charge in [-0.25, -0.2) is 4.79 Å². The number of nitrogens with zero attached hydrogens (tertiary/aromatic N) is 1. The molecule has 1 atom stereocenters. The molecule has 154 valence electrons. The summed E-state index contributed by atoms with van der Waals surface area (Å²) in [6, 6.07) is 28.9. The van der Waals surface area contributed by atoms with Gasteiger partial charge in [-0.2, -0.15) is 11.8 Å². The van der Waals surface area contributed by atoms with Gasteiger partial charge in [0.1, 0.15) is 0 Å². The van der Waals surface area contributed by atoms with Crippen LogP contribution in [-0.2, 0) is 0 Å². The van der Waals surface area contributed by atoms with Gasteiger partial charge in [-0.3, -0.25) is 0 Å². The standard InChI is InChI=1S/C26H28N2OS/c1-20-10-8-9-15-23(20)24-16-17-28(18-19-30-24)26(29)27-25(21-11-4-2-5-12-21)22-13-6-3-7-14-22/h2-15,24-25H,16-19H2,1H3,(H,27,29). The average Bonchev–Trinajstić information content (AvgIpc) is 3.05. The molecular formula is C26H28N2OS. The number of aryl methyl sites for hydroxylation is 1. The second kappa shape index (κ2) is 9.86. The van der Waals surface area contributed by atoms with Gasteiger partial charge in [0.05, 0.1) is 6.04 Å². The Labute approximate surface area is 183 Å². The maximum absolute atomic E-state index is 13.2. The molecule has 2 amide bonds. The van der Waals surface area contributed by atoms with Crippen LogP contribution in [0.25, 0.3) is 0 Å². The molecule has 3 aromatic rings. The number of nitrogens with one attached hydrogen (secondary N) is 1. The van der Waals surface area contributed by atoms with Crippen LogP contribution in [0.3, 0.4) is 0 Å². The highest BCUT2D eigenvalue weighted by molar-refractivity contribution is 7.99. The van der Waals surface area contributed by atoms with E-state index in [-0.39, 0.29) is 12.1 Å². The number of carbonyl (C=O) groups excluding carboxylic acids is 1. The van der Waals surface area contributed by atoms with Gasteiger partial charge in [-0.05, 0) is 35.6 Å². The minimum Gasteiger partial charge on any atom is -0.327 e. The van der Waals surface area contributed by atoms with Gasteiger partial charge in [-0.1, -0.05) is 84.9 Å². The lowest BCUT2D eigenvalue weighted by Crippen LogP contribution is -2.43. The number of benzene rings is 3. The number of urea groups is 1. The van der Waals surface area contributed by atoms with Crippen molar-refractivity contribution in [3.8, 4) is 0 Å². The van der Waals surface area contributed by atoms with Crippen LogP contribution in [0.5, 0.6) is 0 Å². The topological polar surface area (TPSA) is 32.3 Å². The van der Waals surface area contributed by atoms with E-state index in [9.17, 15) is 4.79 Å². The largest absolute Gasteiger partial charge is 0.327 e. The van der Waals surface area contributed by atoms with Crippen LogP contribution < -0.4 is 5.32 Å². The molecule has 3 nitrogen and oxygen atoms in total. The highest BCUT2D eigenvalue weighted by Gasteiger charge is 2.25. The molecule has 0 radical (unpaired) electrons. The predicted octanol–water partition coefficient (Wildman–Crippen LogP) is 5.97. The summed E-state index contributed by atoms with van der Waals surface area (Å²) in [5.41, 5.74) is 4.93. The van der Waals surface area contributed by atoms with Gasteiger partial charge in [0.2, 0.25) is 0 Å². The Morgan fingerprint density at radius 2 is 1.50 bits per heavy atom. The first-order chi connectivity index (χ1) is 14.7. The third-order valence-corrected chi connectivity index (χ3v) is 7.01. The second-order valence-corrected chi connectivity index (χ2v) is 9.01. The third-order valence-electron chi connectivity index (χ3n) is 5.70.